The van der Waals surface area contributed by atoms with E-state index in [1.54, 1.807) is 0 Å². The molecule has 0 fully saturated rings. The Kier molecular flexibility index (Phi) is 4.10. The first kappa shape index (κ1) is 12.8. The van der Waals surface area contributed by atoms with E-state index < -0.39 is 0 Å². The largest absolute Gasteiger partial charge is 0.338 e. The van der Waals surface area contributed by atoms with Crippen molar-refractivity contribution < 1.29 is 4.52 Å². The maximum Gasteiger partial charge on any atom is 0.243 e. The lowest BCUT2D eigenvalue weighted by molar-refractivity contribution is 0.344. The van der Waals surface area contributed by atoms with E-state index in [0.717, 1.165) is 18.7 Å². The minimum Gasteiger partial charge on any atom is -0.338 e. The molecule has 1 atom stereocenters. The van der Waals surface area contributed by atoms with Crippen LogP contribution in [0, 0.1) is 0 Å². The smallest absolute Gasteiger partial charge is 0.243 e. The van der Waals surface area contributed by atoms with Crippen molar-refractivity contribution in [2.45, 2.75) is 38.6 Å². The second-order valence-electron chi connectivity index (χ2n) is 4.78. The molecule has 18 heavy (non-hydrogen) atoms. The topological polar surface area (TPSA) is 64.9 Å². The van der Waals surface area contributed by atoms with Crippen LogP contribution < -0.4 is 5.73 Å². The van der Waals surface area contributed by atoms with Crippen molar-refractivity contribution in [2.24, 2.45) is 5.73 Å². The Hall–Kier alpha value is -1.68. The van der Waals surface area contributed by atoms with Gasteiger partial charge in [-0.25, -0.2) is 0 Å². The SMILES string of the molecule is CC(C)c1noc(C(N)CCc2ccccc2)n1. The molecule has 0 bridgehead atoms. The van der Waals surface area contributed by atoms with Crippen LogP contribution in [0.3, 0.4) is 0 Å². The molecule has 0 saturated heterocycles. The molecule has 4 nitrogen and oxygen atoms in total. The summed E-state index contributed by atoms with van der Waals surface area (Å²) in [6.07, 6.45) is 1.73. The normalized spacial score (nSPS) is 12.9. The van der Waals surface area contributed by atoms with E-state index in [4.69, 9.17) is 10.3 Å². The molecular formula is C14H19N3O. The van der Waals surface area contributed by atoms with Gasteiger partial charge < -0.3 is 10.3 Å². The van der Waals surface area contributed by atoms with Crippen LogP contribution in [0.5, 0.6) is 0 Å². The lowest BCUT2D eigenvalue weighted by atomic mass is 10.1. The van der Waals surface area contributed by atoms with E-state index in [2.05, 4.69) is 22.3 Å². The zero-order valence-electron chi connectivity index (χ0n) is 10.8. The molecule has 1 aromatic heterocycles. The first-order chi connectivity index (χ1) is 8.66. The average Bonchev–Trinajstić information content (AvgIpc) is 2.87. The van der Waals surface area contributed by atoms with Crippen LogP contribution in [-0.2, 0) is 6.42 Å². The monoisotopic (exact) mass is 245 g/mol. The summed E-state index contributed by atoms with van der Waals surface area (Å²) < 4.78 is 5.19. The van der Waals surface area contributed by atoms with Crippen molar-refractivity contribution in [3.05, 3.63) is 47.6 Å². The maximum absolute atomic E-state index is 6.06. The maximum atomic E-state index is 6.06. The Morgan fingerprint density at radius 3 is 2.56 bits per heavy atom. The first-order valence-electron chi connectivity index (χ1n) is 6.30. The summed E-state index contributed by atoms with van der Waals surface area (Å²) in [7, 11) is 0. The summed E-state index contributed by atoms with van der Waals surface area (Å²) >= 11 is 0. The predicted octanol–water partition coefficient (Wildman–Crippen LogP) is 2.83. The van der Waals surface area contributed by atoms with Crippen LogP contribution in [0.4, 0.5) is 0 Å². The van der Waals surface area contributed by atoms with Gasteiger partial charge in [-0.1, -0.05) is 49.3 Å². The second kappa shape index (κ2) is 5.78. The fraction of sp³-hybridized carbons (Fsp3) is 0.429. The van der Waals surface area contributed by atoms with Crippen LogP contribution in [0.15, 0.2) is 34.9 Å². The van der Waals surface area contributed by atoms with Gasteiger partial charge in [0.15, 0.2) is 5.82 Å². The lowest BCUT2D eigenvalue weighted by Gasteiger charge is -2.06. The van der Waals surface area contributed by atoms with Gasteiger partial charge in [0.2, 0.25) is 5.89 Å². The van der Waals surface area contributed by atoms with Gasteiger partial charge in [-0.2, -0.15) is 4.98 Å². The fourth-order valence-electron chi connectivity index (χ4n) is 1.72. The van der Waals surface area contributed by atoms with Gasteiger partial charge in [-0.3, -0.25) is 0 Å². The van der Waals surface area contributed by atoms with Gasteiger partial charge in [0.25, 0.3) is 0 Å². The van der Waals surface area contributed by atoms with Gasteiger partial charge >= 0.3 is 0 Å². The van der Waals surface area contributed by atoms with Gasteiger partial charge in [-0.15, -0.1) is 0 Å². The third kappa shape index (κ3) is 3.17. The number of aryl methyl sites for hydroxylation is 1. The molecule has 2 aromatic rings. The third-order valence-electron chi connectivity index (χ3n) is 2.88. The number of rotatable bonds is 5. The molecule has 0 aliphatic heterocycles. The molecule has 0 spiro atoms. The van der Waals surface area contributed by atoms with E-state index in [1.807, 2.05) is 32.0 Å². The molecule has 1 aromatic carbocycles. The summed E-state index contributed by atoms with van der Waals surface area (Å²) in [5.41, 5.74) is 7.33. The van der Waals surface area contributed by atoms with E-state index in [1.165, 1.54) is 5.56 Å². The van der Waals surface area contributed by atoms with Crippen LogP contribution in [0.2, 0.25) is 0 Å². The molecule has 0 amide bonds. The summed E-state index contributed by atoms with van der Waals surface area (Å²) in [5.74, 6) is 1.53. The number of benzene rings is 1. The van der Waals surface area contributed by atoms with E-state index in [9.17, 15) is 0 Å². The molecule has 0 aliphatic carbocycles. The van der Waals surface area contributed by atoms with Gasteiger partial charge in [0.05, 0.1) is 6.04 Å². The van der Waals surface area contributed by atoms with Crippen molar-refractivity contribution in [2.75, 3.05) is 0 Å². The van der Waals surface area contributed by atoms with Crippen molar-refractivity contribution in [3.8, 4) is 0 Å². The average molecular weight is 245 g/mol. The molecule has 1 unspecified atom stereocenters. The highest BCUT2D eigenvalue weighted by molar-refractivity contribution is 5.15. The summed E-state index contributed by atoms with van der Waals surface area (Å²) in [5, 5.41) is 3.93. The van der Waals surface area contributed by atoms with E-state index in [0.29, 0.717) is 5.89 Å². The number of nitrogens with zero attached hydrogens (tertiary/aromatic N) is 2. The van der Waals surface area contributed by atoms with Crippen molar-refractivity contribution in [3.63, 3.8) is 0 Å². The van der Waals surface area contributed by atoms with Crippen molar-refractivity contribution in [1.29, 1.82) is 0 Å². The zero-order chi connectivity index (χ0) is 13.0. The van der Waals surface area contributed by atoms with Gasteiger partial charge in [-0.05, 0) is 18.4 Å². The van der Waals surface area contributed by atoms with Gasteiger partial charge in [0, 0.05) is 5.92 Å². The lowest BCUT2D eigenvalue weighted by Crippen LogP contribution is -2.12. The predicted molar refractivity (Wildman–Crippen MR) is 70.1 cm³/mol. The first-order valence-corrected chi connectivity index (χ1v) is 6.30. The molecule has 2 rings (SSSR count). The Labute approximate surface area is 107 Å². The Balaban J connectivity index is 1.93. The zero-order valence-corrected chi connectivity index (χ0v) is 10.8. The summed E-state index contributed by atoms with van der Waals surface area (Å²) in [6, 6.07) is 10.1. The highest BCUT2D eigenvalue weighted by atomic mass is 16.5. The molecule has 0 aliphatic rings. The quantitative estimate of drug-likeness (QED) is 0.879. The Morgan fingerprint density at radius 1 is 1.22 bits per heavy atom. The number of hydrogen-bond acceptors (Lipinski definition) is 4. The van der Waals surface area contributed by atoms with Crippen LogP contribution >= 0.6 is 0 Å². The van der Waals surface area contributed by atoms with Crippen LogP contribution in [0.25, 0.3) is 0 Å². The minimum absolute atomic E-state index is 0.190. The van der Waals surface area contributed by atoms with E-state index in [-0.39, 0.29) is 12.0 Å². The van der Waals surface area contributed by atoms with Crippen molar-refractivity contribution in [1.82, 2.24) is 10.1 Å². The number of nitrogens with two attached hydrogens (primary N) is 1. The highest BCUT2D eigenvalue weighted by Gasteiger charge is 2.16. The van der Waals surface area contributed by atoms with E-state index >= 15 is 0 Å². The van der Waals surface area contributed by atoms with Crippen LogP contribution in [0.1, 0.15) is 49.5 Å². The summed E-state index contributed by atoms with van der Waals surface area (Å²) in [4.78, 5) is 4.32. The van der Waals surface area contributed by atoms with Gasteiger partial charge in [0.1, 0.15) is 0 Å². The molecule has 0 radical (unpaired) electrons. The van der Waals surface area contributed by atoms with Crippen molar-refractivity contribution >= 4 is 0 Å². The fourth-order valence-corrected chi connectivity index (χ4v) is 1.72. The minimum atomic E-state index is -0.190. The highest BCUT2D eigenvalue weighted by Crippen LogP contribution is 2.17. The standard InChI is InChI=1S/C14H19N3O/c1-10(2)13-16-14(18-17-13)12(15)9-8-11-6-4-3-5-7-11/h3-7,10,12H,8-9,15H2,1-2H3. The third-order valence-corrected chi connectivity index (χ3v) is 2.88. The number of hydrogen-bond donors (Lipinski definition) is 1. The Bertz CT molecular complexity index is 479. The summed E-state index contributed by atoms with van der Waals surface area (Å²) in [6.45, 7) is 4.06. The molecule has 0 saturated carbocycles. The molecule has 1 heterocycles. The Morgan fingerprint density at radius 2 is 1.94 bits per heavy atom. The number of aromatic nitrogens is 2. The molecule has 2 N–H and O–H groups in total. The molecular weight excluding hydrogens is 226 g/mol. The second-order valence-corrected chi connectivity index (χ2v) is 4.78. The molecule has 96 valence electrons. The van der Waals surface area contributed by atoms with Crippen LogP contribution in [-0.4, -0.2) is 10.1 Å². The molecule has 4 heteroatoms.